The zero-order chi connectivity index (χ0) is 24.5. The quantitative estimate of drug-likeness (QED) is 0.353. The number of urea groups is 1. The van der Waals surface area contributed by atoms with Crippen LogP contribution in [0.2, 0.25) is 10.0 Å². The van der Waals surface area contributed by atoms with E-state index in [0.717, 1.165) is 16.0 Å². The Bertz CT molecular complexity index is 1110. The molecule has 0 aliphatic carbocycles. The van der Waals surface area contributed by atoms with Crippen molar-refractivity contribution in [2.75, 3.05) is 32.1 Å². The van der Waals surface area contributed by atoms with Crippen LogP contribution in [0.25, 0.3) is 0 Å². The highest BCUT2D eigenvalue weighted by Gasteiger charge is 2.23. The summed E-state index contributed by atoms with van der Waals surface area (Å²) in [6.45, 7) is 3.39. The molecule has 1 heterocycles. The molecule has 0 spiro atoms. The van der Waals surface area contributed by atoms with Crippen LogP contribution >= 0.6 is 34.5 Å². The molecule has 0 saturated carbocycles. The van der Waals surface area contributed by atoms with Crippen LogP contribution in [0, 0.1) is 6.92 Å². The number of rotatable bonds is 10. The van der Waals surface area contributed by atoms with Crippen LogP contribution in [0.15, 0.2) is 60.0 Å². The maximum Gasteiger partial charge on any atom is 0.322 e. The summed E-state index contributed by atoms with van der Waals surface area (Å²) in [5, 5.41) is 5.57. The molecule has 0 fully saturated rings. The van der Waals surface area contributed by atoms with E-state index in [4.69, 9.17) is 27.9 Å². The summed E-state index contributed by atoms with van der Waals surface area (Å²) in [5.74, 6) is -0.162. The number of methoxy groups -OCH3 is 1. The summed E-state index contributed by atoms with van der Waals surface area (Å²) in [6, 6.07) is 16.2. The minimum absolute atomic E-state index is 0.0995. The summed E-state index contributed by atoms with van der Waals surface area (Å²) in [7, 11) is 1.55. The molecule has 3 rings (SSSR count). The van der Waals surface area contributed by atoms with Gasteiger partial charge in [0, 0.05) is 30.1 Å². The summed E-state index contributed by atoms with van der Waals surface area (Å²) < 4.78 is 5.16. The van der Waals surface area contributed by atoms with Gasteiger partial charge >= 0.3 is 6.03 Å². The van der Waals surface area contributed by atoms with E-state index in [-0.39, 0.29) is 25.6 Å². The average molecular weight is 520 g/mol. The summed E-state index contributed by atoms with van der Waals surface area (Å²) in [6.07, 6.45) is 0. The molecule has 34 heavy (non-hydrogen) atoms. The third kappa shape index (κ3) is 7.46. The molecule has 180 valence electrons. The number of thiophene rings is 1. The average Bonchev–Trinajstić information content (AvgIpc) is 3.22. The number of aryl methyl sites for hydroxylation is 1. The van der Waals surface area contributed by atoms with Crippen molar-refractivity contribution in [1.29, 1.82) is 0 Å². The molecule has 0 radical (unpaired) electrons. The number of benzene rings is 2. The van der Waals surface area contributed by atoms with Gasteiger partial charge in [-0.15, -0.1) is 11.3 Å². The molecule has 0 bridgehead atoms. The summed E-state index contributed by atoms with van der Waals surface area (Å²) >= 11 is 13.8. The monoisotopic (exact) mass is 519 g/mol. The topological polar surface area (TPSA) is 61.9 Å². The van der Waals surface area contributed by atoms with E-state index in [2.05, 4.69) is 5.32 Å². The molecular weight excluding hydrogens is 493 g/mol. The third-order valence-electron chi connectivity index (χ3n) is 5.22. The zero-order valence-electron chi connectivity index (χ0n) is 19.1. The van der Waals surface area contributed by atoms with Crippen molar-refractivity contribution in [3.8, 4) is 0 Å². The Hall–Kier alpha value is -2.58. The first kappa shape index (κ1) is 26.0. The van der Waals surface area contributed by atoms with Gasteiger partial charge in [0.05, 0.1) is 23.9 Å². The van der Waals surface area contributed by atoms with Gasteiger partial charge in [-0.1, -0.05) is 53.5 Å². The molecule has 3 amide bonds. The van der Waals surface area contributed by atoms with E-state index in [1.165, 1.54) is 4.90 Å². The van der Waals surface area contributed by atoms with Crippen molar-refractivity contribution in [3.05, 3.63) is 86.0 Å². The molecule has 9 heteroatoms. The van der Waals surface area contributed by atoms with Crippen LogP contribution < -0.4 is 5.32 Å². The Kier molecular flexibility index (Phi) is 9.77. The Morgan fingerprint density at radius 3 is 2.44 bits per heavy atom. The number of nitrogens with one attached hydrogen (secondary N) is 1. The van der Waals surface area contributed by atoms with Gasteiger partial charge in [0.25, 0.3) is 0 Å². The van der Waals surface area contributed by atoms with Crippen LogP contribution in [-0.4, -0.2) is 48.5 Å². The molecule has 0 unspecified atom stereocenters. The maximum atomic E-state index is 13.5. The second-order valence-corrected chi connectivity index (χ2v) is 9.58. The van der Waals surface area contributed by atoms with E-state index >= 15 is 0 Å². The highest BCUT2D eigenvalue weighted by molar-refractivity contribution is 7.10. The smallest absolute Gasteiger partial charge is 0.322 e. The van der Waals surface area contributed by atoms with Gasteiger partial charge in [-0.3, -0.25) is 4.79 Å². The van der Waals surface area contributed by atoms with Gasteiger partial charge < -0.3 is 19.9 Å². The maximum absolute atomic E-state index is 13.5. The van der Waals surface area contributed by atoms with Gasteiger partial charge in [0.1, 0.15) is 6.54 Å². The molecule has 0 atom stereocenters. The minimum Gasteiger partial charge on any atom is -0.383 e. The van der Waals surface area contributed by atoms with E-state index in [1.54, 1.807) is 41.5 Å². The van der Waals surface area contributed by atoms with Crippen molar-refractivity contribution in [2.24, 2.45) is 0 Å². The lowest BCUT2D eigenvalue weighted by atomic mass is 10.2. The fraction of sp³-hybridized carbons (Fsp3) is 0.280. The van der Waals surface area contributed by atoms with E-state index < -0.39 is 6.03 Å². The highest BCUT2D eigenvalue weighted by atomic mass is 35.5. The van der Waals surface area contributed by atoms with E-state index in [1.807, 2.05) is 48.7 Å². The molecule has 0 aliphatic rings. The van der Waals surface area contributed by atoms with Crippen LogP contribution in [0.4, 0.5) is 10.5 Å². The molecule has 6 nitrogen and oxygen atoms in total. The van der Waals surface area contributed by atoms with Gasteiger partial charge in [-0.05, 0) is 47.7 Å². The van der Waals surface area contributed by atoms with Crippen LogP contribution in [0.1, 0.15) is 16.0 Å². The van der Waals surface area contributed by atoms with Crippen molar-refractivity contribution in [3.63, 3.8) is 0 Å². The Balaban J connectivity index is 1.77. The van der Waals surface area contributed by atoms with Gasteiger partial charge in [0.2, 0.25) is 5.91 Å². The van der Waals surface area contributed by atoms with E-state index in [0.29, 0.717) is 28.8 Å². The number of amides is 3. The van der Waals surface area contributed by atoms with Crippen molar-refractivity contribution in [1.82, 2.24) is 9.80 Å². The van der Waals surface area contributed by atoms with Crippen LogP contribution in [0.3, 0.4) is 0 Å². The highest BCUT2D eigenvalue weighted by Crippen LogP contribution is 2.26. The Morgan fingerprint density at radius 2 is 1.79 bits per heavy atom. The molecule has 3 aromatic rings. The van der Waals surface area contributed by atoms with Crippen molar-refractivity contribution >= 4 is 52.2 Å². The second-order valence-electron chi connectivity index (χ2n) is 7.73. The first-order chi connectivity index (χ1) is 16.4. The molecule has 0 aliphatic heterocycles. The van der Waals surface area contributed by atoms with Crippen LogP contribution in [-0.2, 0) is 22.6 Å². The number of hydrogen-bond donors (Lipinski definition) is 1. The largest absolute Gasteiger partial charge is 0.383 e. The fourth-order valence-corrected chi connectivity index (χ4v) is 4.65. The fourth-order valence-electron chi connectivity index (χ4n) is 3.28. The second kappa shape index (κ2) is 12.8. The summed E-state index contributed by atoms with van der Waals surface area (Å²) in [4.78, 5) is 30.8. The number of carbonyl (C=O) groups excluding carboxylic acids is 2. The molecule has 1 aromatic heterocycles. The summed E-state index contributed by atoms with van der Waals surface area (Å²) in [5.41, 5.74) is 2.58. The lowest BCUT2D eigenvalue weighted by Crippen LogP contribution is -2.45. The number of ether oxygens (including phenoxy) is 1. The lowest BCUT2D eigenvalue weighted by molar-refractivity contribution is -0.133. The lowest BCUT2D eigenvalue weighted by Gasteiger charge is -2.28. The molecule has 1 N–H and O–H groups in total. The van der Waals surface area contributed by atoms with Gasteiger partial charge in [-0.25, -0.2) is 4.79 Å². The number of anilines is 1. The van der Waals surface area contributed by atoms with Gasteiger partial charge in [0.15, 0.2) is 0 Å². The van der Waals surface area contributed by atoms with Crippen molar-refractivity contribution in [2.45, 2.75) is 20.0 Å². The first-order valence-electron chi connectivity index (χ1n) is 10.7. The number of hydrogen-bond acceptors (Lipinski definition) is 4. The Labute approximate surface area is 214 Å². The number of halogens is 2. The molecule has 2 aromatic carbocycles. The minimum atomic E-state index is -0.443. The standard InChI is InChI=1S/C25H27Cl2N3O3S/c1-18-10-13-34-23(18)16-30(15-19-6-4-3-5-7-19)24(31)17-29(11-12-33-2)25(32)28-22-9-8-20(26)14-21(22)27/h3-10,13-14H,11-12,15-17H2,1-2H3,(H,28,32). The van der Waals surface area contributed by atoms with Crippen molar-refractivity contribution < 1.29 is 14.3 Å². The Morgan fingerprint density at radius 1 is 1.03 bits per heavy atom. The number of carbonyl (C=O) groups is 2. The predicted molar refractivity (Wildman–Crippen MR) is 139 cm³/mol. The predicted octanol–water partition coefficient (Wildman–Crippen LogP) is 6.07. The number of nitrogens with zero attached hydrogens (tertiary/aromatic N) is 2. The zero-order valence-corrected chi connectivity index (χ0v) is 21.4. The van der Waals surface area contributed by atoms with E-state index in [9.17, 15) is 9.59 Å². The molecule has 0 saturated heterocycles. The SMILES string of the molecule is COCCN(CC(=O)N(Cc1ccccc1)Cc1sccc1C)C(=O)Nc1ccc(Cl)cc1Cl. The third-order valence-corrected chi connectivity index (χ3v) is 6.78. The molecular formula is C25H27Cl2N3O3S. The normalized spacial score (nSPS) is 10.7. The van der Waals surface area contributed by atoms with Crippen LogP contribution in [0.5, 0.6) is 0 Å². The van der Waals surface area contributed by atoms with Gasteiger partial charge in [-0.2, -0.15) is 0 Å². The first-order valence-corrected chi connectivity index (χ1v) is 12.4.